The van der Waals surface area contributed by atoms with Gasteiger partial charge in [0, 0.05) is 0 Å². The first kappa shape index (κ1) is 22.7. The predicted octanol–water partition coefficient (Wildman–Crippen LogP) is 5.32. The minimum Gasteiger partial charge on any atom is -0.490 e. The van der Waals surface area contributed by atoms with Crippen LogP contribution in [0.5, 0.6) is 11.5 Å². The molecule has 0 radical (unpaired) electrons. The number of amides is 3. The predicted molar refractivity (Wildman–Crippen MR) is 121 cm³/mol. The molecule has 7 heteroatoms. The number of carbonyl (C=O) groups is 2. The van der Waals surface area contributed by atoms with E-state index in [2.05, 4.69) is 5.32 Å². The lowest BCUT2D eigenvalue weighted by atomic mass is 10.1. The van der Waals surface area contributed by atoms with E-state index in [-0.39, 0.29) is 24.3 Å². The zero-order valence-electron chi connectivity index (χ0n) is 18.2. The molecular weight excluding hydrogens is 416 g/mol. The first-order chi connectivity index (χ1) is 14.8. The largest absolute Gasteiger partial charge is 0.490 e. The van der Waals surface area contributed by atoms with Crippen molar-refractivity contribution in [2.45, 2.75) is 46.8 Å². The Balaban J connectivity index is 1.86. The van der Waals surface area contributed by atoms with E-state index in [1.54, 1.807) is 18.2 Å². The van der Waals surface area contributed by atoms with Crippen molar-refractivity contribution in [3.63, 3.8) is 0 Å². The maximum Gasteiger partial charge on any atom is 0.329 e. The van der Waals surface area contributed by atoms with Gasteiger partial charge in [-0.25, -0.2) is 4.79 Å². The van der Waals surface area contributed by atoms with Crippen LogP contribution in [0.1, 0.15) is 43.9 Å². The highest BCUT2D eigenvalue weighted by Gasteiger charge is 2.33. The van der Waals surface area contributed by atoms with Crippen molar-refractivity contribution in [2.24, 2.45) is 0 Å². The Kier molecular flexibility index (Phi) is 7.23. The number of rotatable bonds is 8. The summed E-state index contributed by atoms with van der Waals surface area (Å²) in [6.45, 7) is 8.48. The Morgan fingerprint density at radius 3 is 2.52 bits per heavy atom. The fraction of sp³-hybridized carbons (Fsp3) is 0.333. The molecule has 1 aliphatic rings. The van der Waals surface area contributed by atoms with E-state index in [1.807, 2.05) is 52.0 Å². The number of urea groups is 1. The lowest BCUT2D eigenvalue weighted by Gasteiger charge is -2.18. The molecule has 1 aliphatic heterocycles. The average Bonchev–Trinajstić information content (AvgIpc) is 2.99. The summed E-state index contributed by atoms with van der Waals surface area (Å²) in [5.41, 5.74) is 2.81. The van der Waals surface area contributed by atoms with E-state index in [9.17, 15) is 9.59 Å². The van der Waals surface area contributed by atoms with E-state index >= 15 is 0 Å². The molecule has 0 aromatic heterocycles. The number of hydrogen-bond donors (Lipinski definition) is 1. The van der Waals surface area contributed by atoms with E-state index < -0.39 is 6.03 Å². The Hall–Kier alpha value is -2.99. The molecule has 1 saturated heterocycles. The Labute approximate surface area is 187 Å². The molecule has 164 valence electrons. The van der Waals surface area contributed by atoms with Crippen LogP contribution in [-0.4, -0.2) is 29.5 Å². The molecule has 0 bridgehead atoms. The molecule has 6 nitrogen and oxygen atoms in total. The first-order valence-corrected chi connectivity index (χ1v) is 10.7. The molecule has 2 aromatic rings. The van der Waals surface area contributed by atoms with Crippen LogP contribution in [0, 0.1) is 6.92 Å². The summed E-state index contributed by atoms with van der Waals surface area (Å²) >= 11 is 6.45. The minimum atomic E-state index is -0.454. The number of nitrogens with zero attached hydrogens (tertiary/aromatic N) is 1. The van der Waals surface area contributed by atoms with Gasteiger partial charge in [0.25, 0.3) is 5.91 Å². The molecule has 1 heterocycles. The van der Waals surface area contributed by atoms with Gasteiger partial charge in [0.15, 0.2) is 11.5 Å². The summed E-state index contributed by atoms with van der Waals surface area (Å²) in [5, 5.41) is 3.03. The van der Waals surface area contributed by atoms with Crippen molar-refractivity contribution in [2.75, 3.05) is 6.61 Å². The number of carbonyl (C=O) groups excluding carboxylic acids is 2. The van der Waals surface area contributed by atoms with Crippen molar-refractivity contribution in [1.29, 1.82) is 0 Å². The van der Waals surface area contributed by atoms with Crippen LogP contribution in [0.3, 0.4) is 0 Å². The summed E-state index contributed by atoms with van der Waals surface area (Å²) in [5.74, 6) is 0.581. The fourth-order valence-electron chi connectivity index (χ4n) is 3.09. The maximum absolute atomic E-state index is 12.8. The maximum atomic E-state index is 12.8. The van der Waals surface area contributed by atoms with Crippen molar-refractivity contribution in [3.05, 3.63) is 63.8 Å². The van der Waals surface area contributed by atoms with E-state index in [0.717, 1.165) is 17.5 Å². The number of aryl methyl sites for hydroxylation is 1. The second kappa shape index (κ2) is 9.88. The summed E-state index contributed by atoms with van der Waals surface area (Å²) in [6, 6.07) is 10.7. The molecule has 1 N–H and O–H groups in total. The monoisotopic (exact) mass is 442 g/mol. The third kappa shape index (κ3) is 5.39. The van der Waals surface area contributed by atoms with Gasteiger partial charge in [0.1, 0.15) is 5.70 Å². The lowest BCUT2D eigenvalue weighted by Crippen LogP contribution is -2.30. The Bertz CT molecular complexity index is 1000. The van der Waals surface area contributed by atoms with Crippen LogP contribution < -0.4 is 14.8 Å². The second-order valence-corrected chi connectivity index (χ2v) is 7.87. The van der Waals surface area contributed by atoms with Gasteiger partial charge in [-0.05, 0) is 56.5 Å². The standard InChI is InChI=1S/C24H27ClN2O4/c1-5-16(4)31-22-19(25)11-18(13-21(22)30-6-2)12-20-23(28)27(24(29)26-20)14-17-9-7-15(3)8-10-17/h7-13,16H,5-6,14H2,1-4H3,(H,26,29)/b20-12+/t16-/m0/s1. The normalized spacial score (nSPS) is 15.9. The minimum absolute atomic E-state index is 0.0214. The average molecular weight is 443 g/mol. The SMILES string of the molecule is CCOc1cc(/C=C2/NC(=O)N(Cc3ccc(C)cc3)C2=O)cc(Cl)c1O[C@@H](C)CC. The molecule has 1 fully saturated rings. The van der Waals surface area contributed by atoms with Crippen molar-refractivity contribution in [3.8, 4) is 11.5 Å². The number of ether oxygens (including phenoxy) is 2. The van der Waals surface area contributed by atoms with E-state index in [0.29, 0.717) is 28.7 Å². The number of imide groups is 1. The molecular formula is C24H27ClN2O4. The van der Waals surface area contributed by atoms with Crippen molar-refractivity contribution in [1.82, 2.24) is 10.2 Å². The van der Waals surface area contributed by atoms with Crippen LogP contribution in [0.25, 0.3) is 6.08 Å². The van der Waals surface area contributed by atoms with Crippen LogP contribution in [-0.2, 0) is 11.3 Å². The fourth-order valence-corrected chi connectivity index (χ4v) is 3.35. The molecule has 2 aromatic carbocycles. The molecule has 0 unspecified atom stereocenters. The summed E-state index contributed by atoms with van der Waals surface area (Å²) < 4.78 is 11.6. The molecule has 31 heavy (non-hydrogen) atoms. The number of nitrogens with one attached hydrogen (secondary N) is 1. The smallest absolute Gasteiger partial charge is 0.329 e. The third-order valence-electron chi connectivity index (χ3n) is 4.96. The molecule has 1 atom stereocenters. The third-order valence-corrected chi connectivity index (χ3v) is 5.24. The molecule has 0 aliphatic carbocycles. The molecule has 0 spiro atoms. The first-order valence-electron chi connectivity index (χ1n) is 10.4. The molecule has 0 saturated carbocycles. The van der Waals surface area contributed by atoms with Gasteiger partial charge in [0.05, 0.1) is 24.3 Å². The quantitative estimate of drug-likeness (QED) is 0.444. The zero-order chi connectivity index (χ0) is 22.5. The molecule has 3 amide bonds. The van der Waals surface area contributed by atoms with Gasteiger partial charge in [-0.1, -0.05) is 48.4 Å². The zero-order valence-corrected chi connectivity index (χ0v) is 19.0. The van der Waals surface area contributed by atoms with Crippen LogP contribution in [0.15, 0.2) is 42.1 Å². The molecule has 3 rings (SSSR count). The van der Waals surface area contributed by atoms with Crippen LogP contribution in [0.2, 0.25) is 5.02 Å². The van der Waals surface area contributed by atoms with Gasteiger partial charge in [-0.2, -0.15) is 0 Å². The highest BCUT2D eigenvalue weighted by Crippen LogP contribution is 2.38. The summed E-state index contributed by atoms with van der Waals surface area (Å²) in [6.07, 6.45) is 2.40. The van der Waals surface area contributed by atoms with E-state index in [4.69, 9.17) is 21.1 Å². The van der Waals surface area contributed by atoms with Gasteiger partial charge >= 0.3 is 6.03 Å². The van der Waals surface area contributed by atoms with Gasteiger partial charge < -0.3 is 14.8 Å². The van der Waals surface area contributed by atoms with Crippen LogP contribution >= 0.6 is 11.6 Å². The summed E-state index contributed by atoms with van der Waals surface area (Å²) in [7, 11) is 0. The second-order valence-electron chi connectivity index (χ2n) is 7.46. The number of halogens is 1. The Morgan fingerprint density at radius 1 is 1.16 bits per heavy atom. The van der Waals surface area contributed by atoms with Gasteiger partial charge in [0.2, 0.25) is 0 Å². The van der Waals surface area contributed by atoms with Gasteiger partial charge in [-0.3, -0.25) is 9.69 Å². The van der Waals surface area contributed by atoms with Crippen LogP contribution in [0.4, 0.5) is 4.79 Å². The number of benzene rings is 2. The van der Waals surface area contributed by atoms with E-state index in [1.165, 1.54) is 4.90 Å². The highest BCUT2D eigenvalue weighted by molar-refractivity contribution is 6.32. The number of hydrogen-bond acceptors (Lipinski definition) is 4. The van der Waals surface area contributed by atoms with Gasteiger partial charge in [-0.15, -0.1) is 0 Å². The lowest BCUT2D eigenvalue weighted by molar-refractivity contribution is -0.123. The highest BCUT2D eigenvalue weighted by atomic mass is 35.5. The topological polar surface area (TPSA) is 67.9 Å². The Morgan fingerprint density at radius 2 is 1.87 bits per heavy atom. The summed E-state index contributed by atoms with van der Waals surface area (Å²) in [4.78, 5) is 26.4. The van der Waals surface area contributed by atoms with Crippen molar-refractivity contribution >= 4 is 29.6 Å². The van der Waals surface area contributed by atoms with Crippen molar-refractivity contribution < 1.29 is 19.1 Å².